The van der Waals surface area contributed by atoms with E-state index in [9.17, 15) is 5.11 Å². The minimum absolute atomic E-state index is 0.121. The summed E-state index contributed by atoms with van der Waals surface area (Å²) in [6, 6.07) is 0.412. The van der Waals surface area contributed by atoms with Crippen molar-refractivity contribution in [3.8, 4) is 0 Å². The molecule has 2 fully saturated rings. The summed E-state index contributed by atoms with van der Waals surface area (Å²) in [6.07, 6.45) is 3.86. The first kappa shape index (κ1) is 8.48. The molecule has 1 saturated carbocycles. The molecular formula is C9H17NO2. The van der Waals surface area contributed by atoms with Gasteiger partial charge in [-0.25, -0.2) is 0 Å². The van der Waals surface area contributed by atoms with Gasteiger partial charge in [-0.05, 0) is 25.7 Å². The SMILES string of the molecule is CCC(O)NC1CC12CCCO2. The topological polar surface area (TPSA) is 41.5 Å². The molecular weight excluding hydrogens is 154 g/mol. The smallest absolute Gasteiger partial charge is 0.104 e. The number of ether oxygens (including phenoxy) is 1. The van der Waals surface area contributed by atoms with Gasteiger partial charge in [-0.1, -0.05) is 6.92 Å². The van der Waals surface area contributed by atoms with Crippen LogP contribution in [0.4, 0.5) is 0 Å². The molecule has 70 valence electrons. The zero-order chi connectivity index (χ0) is 8.60. The summed E-state index contributed by atoms with van der Waals surface area (Å²) in [5.74, 6) is 0. The van der Waals surface area contributed by atoms with Crippen LogP contribution in [0.2, 0.25) is 0 Å². The Morgan fingerprint density at radius 3 is 3.17 bits per heavy atom. The summed E-state index contributed by atoms with van der Waals surface area (Å²) >= 11 is 0. The van der Waals surface area contributed by atoms with Gasteiger partial charge in [0.2, 0.25) is 0 Å². The molecule has 1 saturated heterocycles. The molecule has 0 aromatic heterocycles. The van der Waals surface area contributed by atoms with Crippen LogP contribution in [0.5, 0.6) is 0 Å². The molecule has 12 heavy (non-hydrogen) atoms. The van der Waals surface area contributed by atoms with Crippen LogP contribution in [0.15, 0.2) is 0 Å². The number of aliphatic hydroxyl groups is 1. The fourth-order valence-electron chi connectivity index (χ4n) is 2.00. The van der Waals surface area contributed by atoms with Crippen LogP contribution < -0.4 is 5.32 Å². The monoisotopic (exact) mass is 171 g/mol. The van der Waals surface area contributed by atoms with Crippen molar-refractivity contribution in [3.63, 3.8) is 0 Å². The zero-order valence-corrected chi connectivity index (χ0v) is 7.55. The Morgan fingerprint density at radius 1 is 1.75 bits per heavy atom. The van der Waals surface area contributed by atoms with Crippen LogP contribution in [0, 0.1) is 0 Å². The molecule has 0 aromatic carbocycles. The molecule has 3 unspecified atom stereocenters. The second-order valence-corrected chi connectivity index (χ2v) is 3.86. The first-order valence-electron chi connectivity index (χ1n) is 4.85. The number of hydrogen-bond acceptors (Lipinski definition) is 3. The fraction of sp³-hybridized carbons (Fsp3) is 1.00. The van der Waals surface area contributed by atoms with Crippen LogP contribution in [-0.4, -0.2) is 29.6 Å². The van der Waals surface area contributed by atoms with E-state index in [2.05, 4.69) is 5.32 Å². The van der Waals surface area contributed by atoms with Crippen molar-refractivity contribution >= 4 is 0 Å². The summed E-state index contributed by atoms with van der Waals surface area (Å²) in [5, 5.41) is 12.5. The average molecular weight is 171 g/mol. The lowest BCUT2D eigenvalue weighted by atomic mass is 10.2. The Bertz CT molecular complexity index is 166. The van der Waals surface area contributed by atoms with Crippen LogP contribution in [0.1, 0.15) is 32.6 Å². The van der Waals surface area contributed by atoms with Crippen LogP contribution in [0.3, 0.4) is 0 Å². The number of hydrogen-bond donors (Lipinski definition) is 2. The molecule has 1 heterocycles. The summed E-state index contributed by atoms with van der Waals surface area (Å²) < 4.78 is 5.64. The highest BCUT2D eigenvalue weighted by Crippen LogP contribution is 2.47. The fourth-order valence-corrected chi connectivity index (χ4v) is 2.00. The van der Waals surface area contributed by atoms with Gasteiger partial charge in [0.05, 0.1) is 5.60 Å². The van der Waals surface area contributed by atoms with Gasteiger partial charge in [-0.2, -0.15) is 0 Å². The maximum atomic E-state index is 9.35. The summed E-state index contributed by atoms with van der Waals surface area (Å²) in [4.78, 5) is 0. The molecule has 3 nitrogen and oxygen atoms in total. The van der Waals surface area contributed by atoms with E-state index in [4.69, 9.17) is 4.74 Å². The maximum absolute atomic E-state index is 9.35. The Kier molecular flexibility index (Phi) is 2.10. The molecule has 0 bridgehead atoms. The van der Waals surface area contributed by atoms with Gasteiger partial charge in [0.1, 0.15) is 6.23 Å². The Morgan fingerprint density at radius 2 is 2.58 bits per heavy atom. The van der Waals surface area contributed by atoms with Gasteiger partial charge in [-0.15, -0.1) is 0 Å². The molecule has 2 N–H and O–H groups in total. The van der Waals surface area contributed by atoms with Crippen molar-refractivity contribution in [2.75, 3.05) is 6.61 Å². The van der Waals surface area contributed by atoms with E-state index in [1.54, 1.807) is 0 Å². The Hall–Kier alpha value is -0.120. The number of nitrogens with one attached hydrogen (secondary N) is 1. The van der Waals surface area contributed by atoms with E-state index < -0.39 is 0 Å². The van der Waals surface area contributed by atoms with Gasteiger partial charge in [0, 0.05) is 12.6 Å². The van der Waals surface area contributed by atoms with Crippen molar-refractivity contribution in [2.45, 2.75) is 50.5 Å². The molecule has 3 heteroatoms. The molecule has 0 radical (unpaired) electrons. The van der Waals surface area contributed by atoms with E-state index in [1.807, 2.05) is 6.92 Å². The van der Waals surface area contributed by atoms with Crippen molar-refractivity contribution < 1.29 is 9.84 Å². The normalized spacial score (nSPS) is 42.0. The lowest BCUT2D eigenvalue weighted by Crippen LogP contribution is -2.34. The highest BCUT2D eigenvalue weighted by Gasteiger charge is 2.57. The van der Waals surface area contributed by atoms with E-state index in [1.165, 1.54) is 12.8 Å². The summed E-state index contributed by atoms with van der Waals surface area (Å²) in [6.45, 7) is 2.88. The van der Waals surface area contributed by atoms with Gasteiger partial charge >= 0.3 is 0 Å². The highest BCUT2D eigenvalue weighted by molar-refractivity contribution is 5.12. The second kappa shape index (κ2) is 2.98. The minimum atomic E-state index is -0.349. The van der Waals surface area contributed by atoms with E-state index in [0.29, 0.717) is 6.04 Å². The highest BCUT2D eigenvalue weighted by atomic mass is 16.5. The van der Waals surface area contributed by atoms with Crippen molar-refractivity contribution in [1.29, 1.82) is 0 Å². The molecule has 2 aliphatic rings. The van der Waals surface area contributed by atoms with E-state index >= 15 is 0 Å². The van der Waals surface area contributed by atoms with Gasteiger partial charge < -0.3 is 9.84 Å². The molecule has 1 aliphatic carbocycles. The predicted molar refractivity (Wildman–Crippen MR) is 45.8 cm³/mol. The quantitative estimate of drug-likeness (QED) is 0.612. The van der Waals surface area contributed by atoms with Gasteiger partial charge in [-0.3, -0.25) is 5.32 Å². The molecule has 1 aliphatic heterocycles. The molecule has 2 rings (SSSR count). The first-order valence-corrected chi connectivity index (χ1v) is 4.85. The number of aliphatic hydroxyl groups excluding tert-OH is 1. The maximum Gasteiger partial charge on any atom is 0.104 e. The number of rotatable bonds is 3. The predicted octanol–water partition coefficient (Wildman–Crippen LogP) is 0.626. The zero-order valence-electron chi connectivity index (χ0n) is 7.55. The lowest BCUT2D eigenvalue weighted by molar-refractivity contribution is 0.0642. The Balaban J connectivity index is 1.79. The van der Waals surface area contributed by atoms with Crippen molar-refractivity contribution in [1.82, 2.24) is 5.32 Å². The van der Waals surface area contributed by atoms with Crippen LogP contribution in [0.25, 0.3) is 0 Å². The van der Waals surface area contributed by atoms with Gasteiger partial charge in [0.15, 0.2) is 0 Å². The Labute approximate surface area is 73.1 Å². The minimum Gasteiger partial charge on any atom is -0.379 e. The summed E-state index contributed by atoms with van der Waals surface area (Å²) in [5.41, 5.74) is 0.121. The standard InChI is InChI=1S/C9H17NO2/c1-2-8(11)10-7-6-9(7)4-3-5-12-9/h7-8,10-11H,2-6H2,1H3. The average Bonchev–Trinajstić information content (AvgIpc) is 2.51. The largest absolute Gasteiger partial charge is 0.379 e. The third-order valence-electron chi connectivity index (χ3n) is 2.94. The van der Waals surface area contributed by atoms with E-state index in [0.717, 1.165) is 19.4 Å². The molecule has 3 atom stereocenters. The molecule has 1 spiro atoms. The van der Waals surface area contributed by atoms with Crippen molar-refractivity contribution in [2.24, 2.45) is 0 Å². The molecule has 0 aromatic rings. The molecule has 0 amide bonds. The second-order valence-electron chi connectivity index (χ2n) is 3.86. The van der Waals surface area contributed by atoms with Gasteiger partial charge in [0.25, 0.3) is 0 Å². The lowest BCUT2D eigenvalue weighted by Gasteiger charge is -2.13. The summed E-state index contributed by atoms with van der Waals surface area (Å²) in [7, 11) is 0. The van der Waals surface area contributed by atoms with Crippen molar-refractivity contribution in [3.05, 3.63) is 0 Å². The van der Waals surface area contributed by atoms with Crippen LogP contribution >= 0.6 is 0 Å². The third-order valence-corrected chi connectivity index (χ3v) is 2.94. The third kappa shape index (κ3) is 1.37. The van der Waals surface area contributed by atoms with Crippen LogP contribution in [-0.2, 0) is 4.74 Å². The first-order chi connectivity index (χ1) is 5.77. The van der Waals surface area contributed by atoms with E-state index in [-0.39, 0.29) is 11.8 Å².